The standard InChI is InChI=1S/C13H19N3/c1-2-3-4-5-6-9-15-13-12(11-14)8-7-10-16-13/h7-8,10H,2-6,9H2,1H3,(H,15,16). The van der Waals surface area contributed by atoms with E-state index >= 15 is 0 Å². The van der Waals surface area contributed by atoms with Gasteiger partial charge in [-0.15, -0.1) is 0 Å². The van der Waals surface area contributed by atoms with E-state index in [0.29, 0.717) is 11.4 Å². The minimum absolute atomic E-state index is 0.621. The van der Waals surface area contributed by atoms with Crippen LogP contribution in [0, 0.1) is 11.3 Å². The number of hydrogen-bond acceptors (Lipinski definition) is 3. The van der Waals surface area contributed by atoms with Crippen LogP contribution in [0.4, 0.5) is 5.82 Å². The fourth-order valence-corrected chi connectivity index (χ4v) is 1.57. The summed E-state index contributed by atoms with van der Waals surface area (Å²) < 4.78 is 0. The molecule has 0 saturated carbocycles. The van der Waals surface area contributed by atoms with Crippen LogP contribution in [0.25, 0.3) is 0 Å². The quantitative estimate of drug-likeness (QED) is 0.713. The molecule has 1 aromatic rings. The lowest BCUT2D eigenvalue weighted by Crippen LogP contribution is -2.04. The van der Waals surface area contributed by atoms with Crippen LogP contribution in [0.3, 0.4) is 0 Å². The van der Waals surface area contributed by atoms with Gasteiger partial charge in [0.05, 0.1) is 5.56 Å². The fraction of sp³-hybridized carbons (Fsp3) is 0.538. The maximum Gasteiger partial charge on any atom is 0.143 e. The van der Waals surface area contributed by atoms with Crippen molar-refractivity contribution in [1.82, 2.24) is 4.98 Å². The second kappa shape index (κ2) is 7.70. The van der Waals surface area contributed by atoms with Crippen LogP contribution in [0.5, 0.6) is 0 Å². The van der Waals surface area contributed by atoms with E-state index in [1.807, 2.05) is 0 Å². The zero-order valence-electron chi connectivity index (χ0n) is 9.87. The highest BCUT2D eigenvalue weighted by molar-refractivity contribution is 5.50. The van der Waals surface area contributed by atoms with Gasteiger partial charge in [0.1, 0.15) is 11.9 Å². The zero-order valence-corrected chi connectivity index (χ0v) is 9.87. The van der Waals surface area contributed by atoms with Crippen LogP contribution in [0.15, 0.2) is 18.3 Å². The highest BCUT2D eigenvalue weighted by atomic mass is 15.0. The van der Waals surface area contributed by atoms with E-state index in [2.05, 4.69) is 23.3 Å². The summed E-state index contributed by atoms with van der Waals surface area (Å²) in [7, 11) is 0. The molecule has 1 N–H and O–H groups in total. The van der Waals surface area contributed by atoms with E-state index in [-0.39, 0.29) is 0 Å². The minimum atomic E-state index is 0.621. The van der Waals surface area contributed by atoms with Crippen LogP contribution in [0.1, 0.15) is 44.6 Å². The Morgan fingerprint density at radius 3 is 2.88 bits per heavy atom. The second-order valence-corrected chi connectivity index (χ2v) is 3.85. The number of pyridine rings is 1. The second-order valence-electron chi connectivity index (χ2n) is 3.85. The van der Waals surface area contributed by atoms with Crippen molar-refractivity contribution in [1.29, 1.82) is 5.26 Å². The van der Waals surface area contributed by atoms with Crippen molar-refractivity contribution in [2.24, 2.45) is 0 Å². The van der Waals surface area contributed by atoms with Crippen molar-refractivity contribution < 1.29 is 0 Å². The first-order valence-electron chi connectivity index (χ1n) is 5.97. The first-order valence-corrected chi connectivity index (χ1v) is 5.97. The SMILES string of the molecule is CCCCCCCNc1ncccc1C#N. The topological polar surface area (TPSA) is 48.7 Å². The molecule has 0 radical (unpaired) electrons. The van der Waals surface area contributed by atoms with Gasteiger partial charge in [-0.1, -0.05) is 32.6 Å². The zero-order chi connectivity index (χ0) is 11.6. The number of hydrogen-bond donors (Lipinski definition) is 1. The number of nitriles is 1. The summed E-state index contributed by atoms with van der Waals surface area (Å²) in [4.78, 5) is 4.15. The van der Waals surface area contributed by atoms with Crippen LogP contribution in [-0.2, 0) is 0 Å². The molecule has 86 valence electrons. The summed E-state index contributed by atoms with van der Waals surface area (Å²) in [6.45, 7) is 3.11. The number of nitrogens with zero attached hydrogens (tertiary/aromatic N) is 2. The average Bonchev–Trinajstić information content (AvgIpc) is 2.34. The van der Waals surface area contributed by atoms with Gasteiger partial charge >= 0.3 is 0 Å². The molecule has 3 nitrogen and oxygen atoms in total. The molecule has 0 amide bonds. The summed E-state index contributed by atoms with van der Waals surface area (Å²) in [5.41, 5.74) is 0.621. The van der Waals surface area contributed by atoms with E-state index in [1.165, 1.54) is 25.7 Å². The van der Waals surface area contributed by atoms with Gasteiger partial charge in [0.2, 0.25) is 0 Å². The first-order chi connectivity index (χ1) is 7.88. The third-order valence-electron chi connectivity index (χ3n) is 2.50. The lowest BCUT2D eigenvalue weighted by Gasteiger charge is -2.06. The third-order valence-corrected chi connectivity index (χ3v) is 2.50. The highest BCUT2D eigenvalue weighted by Crippen LogP contribution is 2.10. The third kappa shape index (κ3) is 4.31. The lowest BCUT2D eigenvalue weighted by atomic mass is 10.1. The van der Waals surface area contributed by atoms with Gasteiger partial charge in [-0.3, -0.25) is 0 Å². The molecule has 1 rings (SSSR count). The number of unbranched alkanes of at least 4 members (excludes halogenated alkanes) is 4. The summed E-state index contributed by atoms with van der Waals surface area (Å²) in [5, 5.41) is 12.1. The Balaban J connectivity index is 2.24. The smallest absolute Gasteiger partial charge is 0.143 e. The van der Waals surface area contributed by atoms with Crippen LogP contribution in [0.2, 0.25) is 0 Å². The first kappa shape index (κ1) is 12.5. The predicted molar refractivity (Wildman–Crippen MR) is 66.2 cm³/mol. The summed E-state index contributed by atoms with van der Waals surface area (Å²) in [5.74, 6) is 0.709. The molecule has 0 spiro atoms. The average molecular weight is 217 g/mol. The summed E-state index contributed by atoms with van der Waals surface area (Å²) in [6, 6.07) is 5.70. The van der Waals surface area contributed by atoms with Gasteiger partial charge in [-0.05, 0) is 18.6 Å². The van der Waals surface area contributed by atoms with Gasteiger partial charge in [0, 0.05) is 12.7 Å². The Labute approximate surface area is 97.5 Å². The number of rotatable bonds is 7. The van der Waals surface area contributed by atoms with Crippen LogP contribution < -0.4 is 5.32 Å². The maximum atomic E-state index is 8.86. The van der Waals surface area contributed by atoms with Crippen molar-refractivity contribution in [2.45, 2.75) is 39.0 Å². The maximum absolute atomic E-state index is 8.86. The molecule has 0 bridgehead atoms. The molecule has 0 fully saturated rings. The molecule has 0 aromatic carbocycles. The van der Waals surface area contributed by atoms with Crippen LogP contribution in [-0.4, -0.2) is 11.5 Å². The highest BCUT2D eigenvalue weighted by Gasteiger charge is 2.00. The van der Waals surface area contributed by atoms with Gasteiger partial charge in [-0.2, -0.15) is 5.26 Å². The Bertz CT molecular complexity index is 341. The Morgan fingerprint density at radius 2 is 2.12 bits per heavy atom. The number of nitrogens with one attached hydrogen (secondary N) is 1. The molecule has 16 heavy (non-hydrogen) atoms. The van der Waals surface area contributed by atoms with E-state index in [9.17, 15) is 0 Å². The van der Waals surface area contributed by atoms with E-state index in [1.54, 1.807) is 18.3 Å². The lowest BCUT2D eigenvalue weighted by molar-refractivity contribution is 0.644. The summed E-state index contributed by atoms with van der Waals surface area (Å²) in [6.07, 6.45) is 7.97. The van der Waals surface area contributed by atoms with Crippen molar-refractivity contribution in [3.8, 4) is 6.07 Å². The van der Waals surface area contributed by atoms with E-state index < -0.39 is 0 Å². The summed E-state index contributed by atoms with van der Waals surface area (Å²) >= 11 is 0. The molecular weight excluding hydrogens is 198 g/mol. The normalized spacial score (nSPS) is 9.75. The number of anilines is 1. The Hall–Kier alpha value is -1.56. The molecular formula is C13H19N3. The fourth-order valence-electron chi connectivity index (χ4n) is 1.57. The van der Waals surface area contributed by atoms with Crippen molar-refractivity contribution in [3.63, 3.8) is 0 Å². The van der Waals surface area contributed by atoms with Crippen molar-refractivity contribution in [3.05, 3.63) is 23.9 Å². The minimum Gasteiger partial charge on any atom is -0.369 e. The molecule has 0 aliphatic heterocycles. The van der Waals surface area contributed by atoms with Gasteiger partial charge in [-0.25, -0.2) is 4.98 Å². The van der Waals surface area contributed by atoms with Gasteiger partial charge < -0.3 is 5.32 Å². The largest absolute Gasteiger partial charge is 0.369 e. The van der Waals surface area contributed by atoms with Crippen molar-refractivity contribution >= 4 is 5.82 Å². The van der Waals surface area contributed by atoms with E-state index in [0.717, 1.165) is 13.0 Å². The van der Waals surface area contributed by atoms with E-state index in [4.69, 9.17) is 5.26 Å². The monoisotopic (exact) mass is 217 g/mol. The predicted octanol–water partition coefficient (Wildman–Crippen LogP) is 3.34. The molecule has 0 aliphatic rings. The molecule has 0 saturated heterocycles. The Morgan fingerprint density at radius 1 is 1.31 bits per heavy atom. The molecule has 0 unspecified atom stereocenters. The molecule has 3 heteroatoms. The van der Waals surface area contributed by atoms with Crippen LogP contribution >= 0.6 is 0 Å². The molecule has 1 heterocycles. The number of aromatic nitrogens is 1. The van der Waals surface area contributed by atoms with Gasteiger partial charge in [0.15, 0.2) is 0 Å². The van der Waals surface area contributed by atoms with Gasteiger partial charge in [0.25, 0.3) is 0 Å². The molecule has 0 aliphatic carbocycles. The Kier molecular flexibility index (Phi) is 6.02. The molecule has 1 aromatic heterocycles. The molecule has 0 atom stereocenters. The van der Waals surface area contributed by atoms with Crippen molar-refractivity contribution in [2.75, 3.05) is 11.9 Å².